The van der Waals surface area contributed by atoms with Crippen LogP contribution in [0.2, 0.25) is 0 Å². The second kappa shape index (κ2) is 6.43. The maximum absolute atomic E-state index is 5.72. The van der Waals surface area contributed by atoms with E-state index >= 15 is 0 Å². The first kappa shape index (κ1) is 12.9. The van der Waals surface area contributed by atoms with E-state index in [-0.39, 0.29) is 0 Å². The summed E-state index contributed by atoms with van der Waals surface area (Å²) in [4.78, 5) is 2.46. The molecule has 1 unspecified atom stereocenters. The Morgan fingerprint density at radius 1 is 1.40 bits per heavy atom. The van der Waals surface area contributed by atoms with Gasteiger partial charge in [-0.25, -0.2) is 0 Å². The molecule has 1 N–H and O–H groups in total. The first-order chi connectivity index (χ1) is 7.17. The fourth-order valence-corrected chi connectivity index (χ4v) is 2.24. The monoisotopic (exact) mass is 216 g/mol. The number of nitrogens with one attached hydrogen (secondary N) is 1. The molecule has 0 radical (unpaired) electrons. The molecule has 0 aromatic rings. The standard InChI is InChI=1S/C11H24N2O2/c1-9-6-13(7-10(2)15-9)11(5-12-3)8-14-4/h9-12H,5-8H2,1-4H3/t9-,10+,11?. The summed E-state index contributed by atoms with van der Waals surface area (Å²) in [5, 5.41) is 3.22. The van der Waals surface area contributed by atoms with Crippen molar-refractivity contribution in [1.29, 1.82) is 0 Å². The SMILES string of the molecule is CNCC(COC)N1C[C@@H](C)O[C@@H](C)C1. The van der Waals surface area contributed by atoms with Crippen LogP contribution in [-0.2, 0) is 9.47 Å². The molecule has 0 aromatic heterocycles. The Labute approximate surface area is 92.9 Å². The van der Waals surface area contributed by atoms with E-state index in [4.69, 9.17) is 9.47 Å². The second-order valence-electron chi connectivity index (χ2n) is 4.38. The van der Waals surface area contributed by atoms with Crippen molar-refractivity contribution in [2.45, 2.75) is 32.1 Å². The minimum atomic E-state index is 0.324. The van der Waals surface area contributed by atoms with E-state index < -0.39 is 0 Å². The highest BCUT2D eigenvalue weighted by atomic mass is 16.5. The molecule has 1 aliphatic rings. The smallest absolute Gasteiger partial charge is 0.0678 e. The number of methoxy groups -OCH3 is 1. The predicted octanol–water partition coefficient (Wildman–Crippen LogP) is 0.330. The maximum Gasteiger partial charge on any atom is 0.0678 e. The molecule has 0 spiro atoms. The van der Waals surface area contributed by atoms with E-state index in [0.717, 1.165) is 26.2 Å². The molecule has 0 amide bonds. The lowest BCUT2D eigenvalue weighted by molar-refractivity contribution is -0.0868. The van der Waals surface area contributed by atoms with Crippen LogP contribution in [0.3, 0.4) is 0 Å². The van der Waals surface area contributed by atoms with Crippen molar-refractivity contribution in [3.05, 3.63) is 0 Å². The lowest BCUT2D eigenvalue weighted by atomic mass is 10.1. The number of ether oxygens (including phenoxy) is 2. The van der Waals surface area contributed by atoms with E-state index in [0.29, 0.717) is 18.2 Å². The third-order valence-electron chi connectivity index (χ3n) is 2.76. The number of likely N-dealkylation sites (N-methyl/N-ethyl adjacent to an activating group) is 1. The minimum absolute atomic E-state index is 0.324. The summed E-state index contributed by atoms with van der Waals surface area (Å²) < 4.78 is 11.0. The van der Waals surface area contributed by atoms with Gasteiger partial charge in [0.2, 0.25) is 0 Å². The molecule has 15 heavy (non-hydrogen) atoms. The molecule has 0 saturated carbocycles. The lowest BCUT2D eigenvalue weighted by Crippen LogP contribution is -2.54. The van der Waals surface area contributed by atoms with Crippen molar-refractivity contribution >= 4 is 0 Å². The molecule has 90 valence electrons. The molecule has 1 rings (SSSR count). The number of rotatable bonds is 5. The molecule has 4 heteroatoms. The highest BCUT2D eigenvalue weighted by molar-refractivity contribution is 4.80. The van der Waals surface area contributed by atoms with Gasteiger partial charge in [0.05, 0.1) is 18.8 Å². The first-order valence-electron chi connectivity index (χ1n) is 5.70. The summed E-state index contributed by atoms with van der Waals surface area (Å²) >= 11 is 0. The van der Waals surface area contributed by atoms with Crippen molar-refractivity contribution in [2.75, 3.05) is 40.4 Å². The fourth-order valence-electron chi connectivity index (χ4n) is 2.24. The van der Waals surface area contributed by atoms with Crippen molar-refractivity contribution in [3.8, 4) is 0 Å². The van der Waals surface area contributed by atoms with Crippen LogP contribution in [0.1, 0.15) is 13.8 Å². The lowest BCUT2D eigenvalue weighted by Gasteiger charge is -2.39. The molecule has 0 aromatic carbocycles. The molecule has 3 atom stereocenters. The Balaban J connectivity index is 2.49. The summed E-state index contributed by atoms with van der Waals surface area (Å²) in [6.07, 6.45) is 0.648. The van der Waals surface area contributed by atoms with Crippen LogP contribution in [0.25, 0.3) is 0 Å². The Kier molecular flexibility index (Phi) is 5.53. The second-order valence-corrected chi connectivity index (χ2v) is 4.38. The fraction of sp³-hybridized carbons (Fsp3) is 1.00. The quantitative estimate of drug-likeness (QED) is 0.718. The molecule has 4 nitrogen and oxygen atoms in total. The van der Waals surface area contributed by atoms with E-state index in [2.05, 4.69) is 24.1 Å². The van der Waals surface area contributed by atoms with E-state index in [1.165, 1.54) is 0 Å². The van der Waals surface area contributed by atoms with E-state index in [9.17, 15) is 0 Å². The highest BCUT2D eigenvalue weighted by Crippen LogP contribution is 2.13. The Morgan fingerprint density at radius 3 is 2.47 bits per heavy atom. The number of morpholine rings is 1. The van der Waals surface area contributed by atoms with Crippen LogP contribution in [0, 0.1) is 0 Å². The zero-order valence-electron chi connectivity index (χ0n) is 10.3. The zero-order valence-corrected chi connectivity index (χ0v) is 10.3. The van der Waals surface area contributed by atoms with Gasteiger partial charge in [0.15, 0.2) is 0 Å². The highest BCUT2D eigenvalue weighted by Gasteiger charge is 2.27. The molecule has 0 aliphatic carbocycles. The summed E-state index contributed by atoms with van der Waals surface area (Å²) in [5.74, 6) is 0. The topological polar surface area (TPSA) is 33.7 Å². The van der Waals surface area contributed by atoms with Crippen molar-refractivity contribution in [3.63, 3.8) is 0 Å². The molecule has 0 bridgehead atoms. The van der Waals surface area contributed by atoms with Gasteiger partial charge < -0.3 is 14.8 Å². The summed E-state index contributed by atoms with van der Waals surface area (Å²) in [7, 11) is 3.74. The maximum atomic E-state index is 5.72. The van der Waals surface area contributed by atoms with Gasteiger partial charge in [0, 0.05) is 32.8 Å². The van der Waals surface area contributed by atoms with Crippen molar-refractivity contribution < 1.29 is 9.47 Å². The largest absolute Gasteiger partial charge is 0.383 e. The Morgan fingerprint density at radius 2 is 2.00 bits per heavy atom. The van der Waals surface area contributed by atoms with E-state index in [1.807, 2.05) is 7.05 Å². The van der Waals surface area contributed by atoms with Crippen molar-refractivity contribution in [1.82, 2.24) is 10.2 Å². The minimum Gasteiger partial charge on any atom is -0.383 e. The summed E-state index contributed by atoms with van der Waals surface area (Å²) in [6.45, 7) is 8.01. The average molecular weight is 216 g/mol. The van der Waals surface area contributed by atoms with Gasteiger partial charge in [0.25, 0.3) is 0 Å². The van der Waals surface area contributed by atoms with Crippen LogP contribution in [0.5, 0.6) is 0 Å². The number of hydrogen-bond acceptors (Lipinski definition) is 4. The zero-order chi connectivity index (χ0) is 11.3. The summed E-state index contributed by atoms with van der Waals surface area (Å²) in [5.41, 5.74) is 0. The predicted molar refractivity (Wildman–Crippen MR) is 61.2 cm³/mol. The van der Waals surface area contributed by atoms with Gasteiger partial charge in [-0.15, -0.1) is 0 Å². The van der Waals surface area contributed by atoms with Crippen LogP contribution in [0.15, 0.2) is 0 Å². The molecule has 1 saturated heterocycles. The van der Waals surface area contributed by atoms with Crippen molar-refractivity contribution in [2.24, 2.45) is 0 Å². The Bertz CT molecular complexity index is 162. The van der Waals surface area contributed by atoms with Crippen LogP contribution in [-0.4, -0.2) is 63.5 Å². The third-order valence-corrected chi connectivity index (χ3v) is 2.76. The molecule has 1 aliphatic heterocycles. The van der Waals surface area contributed by atoms with Gasteiger partial charge in [0.1, 0.15) is 0 Å². The normalized spacial score (nSPS) is 30.4. The molecule has 1 fully saturated rings. The number of hydrogen-bond donors (Lipinski definition) is 1. The van der Waals surface area contributed by atoms with Crippen LogP contribution < -0.4 is 5.32 Å². The third kappa shape index (κ3) is 4.07. The van der Waals surface area contributed by atoms with Gasteiger partial charge in [-0.3, -0.25) is 4.90 Å². The number of nitrogens with zero attached hydrogens (tertiary/aromatic N) is 1. The van der Waals surface area contributed by atoms with Crippen LogP contribution >= 0.6 is 0 Å². The van der Waals surface area contributed by atoms with Crippen LogP contribution in [0.4, 0.5) is 0 Å². The first-order valence-corrected chi connectivity index (χ1v) is 5.70. The van der Waals surface area contributed by atoms with Gasteiger partial charge >= 0.3 is 0 Å². The molecule has 1 heterocycles. The molecular formula is C11H24N2O2. The van der Waals surface area contributed by atoms with Gasteiger partial charge in [-0.1, -0.05) is 0 Å². The molecular weight excluding hydrogens is 192 g/mol. The average Bonchev–Trinajstić information content (AvgIpc) is 2.16. The van der Waals surface area contributed by atoms with Gasteiger partial charge in [-0.05, 0) is 20.9 Å². The van der Waals surface area contributed by atoms with E-state index in [1.54, 1.807) is 7.11 Å². The Hall–Kier alpha value is -0.160. The summed E-state index contributed by atoms with van der Waals surface area (Å²) in [6, 6.07) is 0.453. The van der Waals surface area contributed by atoms with Gasteiger partial charge in [-0.2, -0.15) is 0 Å².